The Morgan fingerprint density at radius 2 is 1.73 bits per heavy atom. The van der Waals surface area contributed by atoms with E-state index in [9.17, 15) is 10.1 Å². The molecule has 0 spiro atoms. The quantitative estimate of drug-likeness (QED) is 0.763. The van der Waals surface area contributed by atoms with Gasteiger partial charge in [0.1, 0.15) is 5.54 Å². The third-order valence-electron chi connectivity index (χ3n) is 6.81. The molecule has 2 saturated carbocycles. The minimum atomic E-state index is -0.740. The van der Waals surface area contributed by atoms with E-state index in [2.05, 4.69) is 16.3 Å². The van der Waals surface area contributed by atoms with E-state index >= 15 is 0 Å². The summed E-state index contributed by atoms with van der Waals surface area (Å²) in [5.74, 6) is 1.22. The number of hydrogen-bond donors (Lipinski definition) is 2. The van der Waals surface area contributed by atoms with Gasteiger partial charge in [-0.3, -0.25) is 9.69 Å². The van der Waals surface area contributed by atoms with Crippen molar-refractivity contribution >= 4 is 5.91 Å². The van der Waals surface area contributed by atoms with Crippen LogP contribution in [0.1, 0.15) is 77.0 Å². The standard InChI is InChI=1S/C21H36N4O/c22-15-21(11-12-25(16-21)14-18-9-5-2-6-10-18)24-20(26)19(23)13-17-7-3-1-4-8-17/h17-19H,1-14,16,23H2,(H,24,26). The van der Waals surface area contributed by atoms with Gasteiger partial charge in [0, 0.05) is 19.6 Å². The van der Waals surface area contributed by atoms with E-state index < -0.39 is 11.6 Å². The Morgan fingerprint density at radius 3 is 2.35 bits per heavy atom. The van der Waals surface area contributed by atoms with Gasteiger partial charge in [0.25, 0.3) is 0 Å². The molecule has 2 aliphatic carbocycles. The zero-order valence-corrected chi connectivity index (χ0v) is 16.2. The van der Waals surface area contributed by atoms with Gasteiger partial charge in [-0.25, -0.2) is 0 Å². The topological polar surface area (TPSA) is 82.1 Å². The lowest BCUT2D eigenvalue weighted by atomic mass is 9.84. The number of nitrogens with two attached hydrogens (primary N) is 1. The number of rotatable bonds is 6. The van der Waals surface area contributed by atoms with Gasteiger partial charge in [0.15, 0.2) is 0 Å². The van der Waals surface area contributed by atoms with Gasteiger partial charge < -0.3 is 11.1 Å². The molecule has 1 saturated heterocycles. The van der Waals surface area contributed by atoms with Gasteiger partial charge in [-0.15, -0.1) is 0 Å². The third kappa shape index (κ3) is 5.20. The second kappa shape index (κ2) is 9.19. The van der Waals surface area contributed by atoms with Crippen molar-refractivity contribution in [3.63, 3.8) is 0 Å². The van der Waals surface area contributed by atoms with Crippen LogP contribution >= 0.6 is 0 Å². The maximum Gasteiger partial charge on any atom is 0.238 e. The first-order chi connectivity index (χ1) is 12.6. The van der Waals surface area contributed by atoms with Crippen molar-refractivity contribution in [1.29, 1.82) is 5.26 Å². The first-order valence-electron chi connectivity index (χ1n) is 10.8. The minimum absolute atomic E-state index is 0.128. The number of nitrogens with one attached hydrogen (secondary N) is 1. The molecule has 0 aromatic heterocycles. The average molecular weight is 361 g/mol. The number of carbonyl (C=O) groups excluding carboxylic acids is 1. The van der Waals surface area contributed by atoms with Crippen molar-refractivity contribution in [3.05, 3.63) is 0 Å². The lowest BCUT2D eigenvalue weighted by Crippen LogP contribution is -2.54. The van der Waals surface area contributed by atoms with Crippen LogP contribution < -0.4 is 11.1 Å². The summed E-state index contributed by atoms with van der Waals surface area (Å²) in [6.45, 7) is 2.64. The normalized spacial score (nSPS) is 30.0. The van der Waals surface area contributed by atoms with E-state index in [0.29, 0.717) is 12.5 Å². The lowest BCUT2D eigenvalue weighted by Gasteiger charge is -2.29. The fraction of sp³-hybridized carbons (Fsp3) is 0.905. The summed E-state index contributed by atoms with van der Waals surface area (Å²) in [5, 5.41) is 12.8. The van der Waals surface area contributed by atoms with E-state index in [-0.39, 0.29) is 5.91 Å². The number of carbonyl (C=O) groups is 1. The number of amides is 1. The molecular formula is C21H36N4O. The van der Waals surface area contributed by atoms with Crippen molar-refractivity contribution in [1.82, 2.24) is 10.2 Å². The Labute approximate surface area is 158 Å². The van der Waals surface area contributed by atoms with E-state index in [0.717, 1.165) is 31.8 Å². The molecule has 5 nitrogen and oxygen atoms in total. The average Bonchev–Trinajstić information content (AvgIpc) is 3.06. The Hall–Kier alpha value is -1.12. The SMILES string of the molecule is N#CC1(NC(=O)C(N)CC2CCCCC2)CCN(CC2CCCCC2)C1. The molecule has 0 aromatic carbocycles. The van der Waals surface area contributed by atoms with Gasteiger partial charge in [-0.05, 0) is 37.5 Å². The fourth-order valence-corrected chi connectivity index (χ4v) is 5.22. The molecule has 1 aliphatic heterocycles. The third-order valence-corrected chi connectivity index (χ3v) is 6.81. The lowest BCUT2D eigenvalue weighted by molar-refractivity contribution is -0.124. The van der Waals surface area contributed by atoms with Crippen LogP contribution in [0.3, 0.4) is 0 Å². The van der Waals surface area contributed by atoms with Crippen LogP contribution in [0.2, 0.25) is 0 Å². The minimum Gasteiger partial charge on any atom is -0.335 e. The van der Waals surface area contributed by atoms with Crippen molar-refractivity contribution in [2.75, 3.05) is 19.6 Å². The van der Waals surface area contributed by atoms with Gasteiger partial charge in [-0.2, -0.15) is 5.26 Å². The molecule has 5 heteroatoms. The highest BCUT2D eigenvalue weighted by molar-refractivity contribution is 5.82. The number of nitriles is 1. The van der Waals surface area contributed by atoms with Gasteiger partial charge >= 0.3 is 0 Å². The van der Waals surface area contributed by atoms with E-state index in [4.69, 9.17) is 5.73 Å². The second-order valence-electron chi connectivity index (χ2n) is 9.02. The summed E-state index contributed by atoms with van der Waals surface area (Å²) in [5.41, 5.74) is 5.45. The van der Waals surface area contributed by atoms with Crippen LogP contribution in [-0.4, -0.2) is 42.0 Å². The predicted molar refractivity (Wildman–Crippen MR) is 103 cm³/mol. The van der Waals surface area contributed by atoms with Crippen LogP contribution in [-0.2, 0) is 4.79 Å². The Bertz CT molecular complexity index is 505. The first-order valence-corrected chi connectivity index (χ1v) is 10.8. The Morgan fingerprint density at radius 1 is 1.12 bits per heavy atom. The van der Waals surface area contributed by atoms with Crippen molar-refractivity contribution in [2.45, 2.75) is 88.6 Å². The zero-order chi connectivity index (χ0) is 18.4. The van der Waals surface area contributed by atoms with Crippen LogP contribution in [0.25, 0.3) is 0 Å². The summed E-state index contributed by atoms with van der Waals surface area (Å²) in [6.07, 6.45) is 14.4. The first kappa shape index (κ1) is 19.6. The molecule has 1 heterocycles. The highest BCUT2D eigenvalue weighted by Gasteiger charge is 2.41. The van der Waals surface area contributed by atoms with Gasteiger partial charge in [0.2, 0.25) is 5.91 Å². The Kier molecular flexibility index (Phi) is 6.94. The monoisotopic (exact) mass is 360 g/mol. The smallest absolute Gasteiger partial charge is 0.238 e. The molecule has 26 heavy (non-hydrogen) atoms. The summed E-state index contributed by atoms with van der Waals surface area (Å²) >= 11 is 0. The molecule has 0 aromatic rings. The maximum atomic E-state index is 12.6. The van der Waals surface area contributed by atoms with Crippen molar-refractivity contribution in [3.8, 4) is 6.07 Å². The predicted octanol–water partition coefficient (Wildman–Crippen LogP) is 2.95. The van der Waals surface area contributed by atoms with E-state index in [1.54, 1.807) is 0 Å². The van der Waals surface area contributed by atoms with E-state index in [1.807, 2.05) is 0 Å². The number of likely N-dealkylation sites (tertiary alicyclic amines) is 1. The number of nitrogens with zero attached hydrogens (tertiary/aromatic N) is 2. The number of hydrogen-bond acceptors (Lipinski definition) is 4. The van der Waals surface area contributed by atoms with Crippen LogP contribution in [0.15, 0.2) is 0 Å². The molecule has 2 atom stereocenters. The van der Waals surface area contributed by atoms with Gasteiger partial charge in [0.05, 0.1) is 12.1 Å². The molecule has 3 aliphatic rings. The van der Waals surface area contributed by atoms with Gasteiger partial charge in [-0.1, -0.05) is 51.4 Å². The van der Waals surface area contributed by atoms with E-state index in [1.165, 1.54) is 64.2 Å². The van der Waals surface area contributed by atoms with Crippen molar-refractivity contribution in [2.24, 2.45) is 17.6 Å². The zero-order valence-electron chi connectivity index (χ0n) is 16.2. The molecule has 0 radical (unpaired) electrons. The Balaban J connectivity index is 1.48. The highest BCUT2D eigenvalue weighted by Crippen LogP contribution is 2.29. The fourth-order valence-electron chi connectivity index (χ4n) is 5.22. The van der Waals surface area contributed by atoms with Crippen molar-refractivity contribution < 1.29 is 4.79 Å². The van der Waals surface area contributed by atoms with Crippen LogP contribution in [0.4, 0.5) is 0 Å². The molecule has 1 amide bonds. The van der Waals surface area contributed by atoms with Crippen LogP contribution in [0.5, 0.6) is 0 Å². The molecule has 3 fully saturated rings. The molecule has 3 rings (SSSR count). The molecule has 3 N–H and O–H groups in total. The molecule has 146 valence electrons. The summed E-state index contributed by atoms with van der Waals surface area (Å²) in [7, 11) is 0. The summed E-state index contributed by atoms with van der Waals surface area (Å²) in [4.78, 5) is 15.0. The van der Waals surface area contributed by atoms with Crippen LogP contribution in [0, 0.1) is 23.2 Å². The largest absolute Gasteiger partial charge is 0.335 e. The highest BCUT2D eigenvalue weighted by atomic mass is 16.2. The molecular weight excluding hydrogens is 324 g/mol. The molecule has 0 bridgehead atoms. The summed E-state index contributed by atoms with van der Waals surface area (Å²) in [6, 6.07) is 1.93. The second-order valence-corrected chi connectivity index (χ2v) is 9.02. The maximum absolute atomic E-state index is 12.6. The summed E-state index contributed by atoms with van der Waals surface area (Å²) < 4.78 is 0. The molecule has 2 unspecified atom stereocenters.